The summed E-state index contributed by atoms with van der Waals surface area (Å²) in [5.41, 5.74) is 0. The van der Waals surface area contributed by atoms with E-state index >= 15 is 0 Å². The number of phosphoric acid groups is 2. The normalized spacial score (nSPS) is 13.9. The van der Waals surface area contributed by atoms with E-state index in [0.29, 0.717) is 25.7 Å². The number of rotatable bonds is 79. The van der Waals surface area contributed by atoms with Gasteiger partial charge in [0, 0.05) is 25.7 Å². The van der Waals surface area contributed by atoms with Crippen LogP contribution in [-0.4, -0.2) is 96.7 Å². The quantitative estimate of drug-likeness (QED) is 0.0222. The number of phosphoric ester groups is 2. The van der Waals surface area contributed by atoms with Crippen molar-refractivity contribution in [3.63, 3.8) is 0 Å². The fourth-order valence-corrected chi connectivity index (χ4v) is 13.9. The van der Waals surface area contributed by atoms with Crippen LogP contribution in [0.5, 0.6) is 0 Å². The van der Waals surface area contributed by atoms with Crippen LogP contribution in [0.15, 0.2) is 0 Å². The molecule has 19 heteroatoms. The highest BCUT2D eigenvalue weighted by atomic mass is 31.2. The van der Waals surface area contributed by atoms with E-state index < -0.39 is 97.5 Å². The van der Waals surface area contributed by atoms with E-state index in [1.165, 1.54) is 238 Å². The largest absolute Gasteiger partial charge is 0.472 e. The third kappa shape index (κ3) is 74.1. The molecule has 5 atom stereocenters. The molecule has 0 radical (unpaired) electrons. The molecule has 0 saturated carbocycles. The molecule has 0 saturated heterocycles. The van der Waals surface area contributed by atoms with Crippen LogP contribution in [0.4, 0.5) is 0 Å². The second-order valence-corrected chi connectivity index (χ2v) is 32.7. The standard InChI is InChI=1S/C80H156O17P2/c1-7-9-11-13-15-17-19-25-34-40-46-52-58-64-79(84)96-75(68-90-77(82)62-56-50-44-38-32-20-18-16-14-12-10-8-2)70-94-98(86,87)92-66-74(81)67-93-99(88,89)95-71-76(97-80(85)65-59-53-47-41-35-29-24-22-27-31-37-43-49-55-61-73(5)6)69-91-78(83)63-57-51-45-39-33-28-23-21-26-30-36-42-48-54-60-72(3)4/h72-76,81H,7-71H2,1-6H3,(H,86,87)(H,88,89)/t74-,75+,76+/m0/s1. The number of aliphatic hydroxyl groups is 1. The number of carbonyl (C=O) groups excluding carboxylic acids is 4. The van der Waals surface area contributed by atoms with Crippen LogP contribution < -0.4 is 0 Å². The Morgan fingerprint density at radius 2 is 0.465 bits per heavy atom. The molecule has 0 fully saturated rings. The fourth-order valence-electron chi connectivity index (χ4n) is 12.4. The van der Waals surface area contributed by atoms with Crippen molar-refractivity contribution >= 4 is 39.5 Å². The van der Waals surface area contributed by atoms with Gasteiger partial charge in [-0.15, -0.1) is 0 Å². The highest BCUT2D eigenvalue weighted by molar-refractivity contribution is 7.47. The Labute approximate surface area is 607 Å². The second-order valence-electron chi connectivity index (χ2n) is 29.8. The number of carbonyl (C=O) groups is 4. The zero-order valence-corrected chi connectivity index (χ0v) is 66.6. The summed E-state index contributed by atoms with van der Waals surface area (Å²) in [6.45, 7) is 9.68. The van der Waals surface area contributed by atoms with Crippen molar-refractivity contribution in [3.05, 3.63) is 0 Å². The van der Waals surface area contributed by atoms with E-state index in [2.05, 4.69) is 41.5 Å². The van der Waals surface area contributed by atoms with E-state index in [1.54, 1.807) is 0 Å². The van der Waals surface area contributed by atoms with E-state index in [0.717, 1.165) is 102 Å². The van der Waals surface area contributed by atoms with Gasteiger partial charge in [-0.2, -0.15) is 0 Å². The Balaban J connectivity index is 5.26. The monoisotopic (exact) mass is 1450 g/mol. The molecule has 0 aromatic heterocycles. The van der Waals surface area contributed by atoms with Crippen LogP contribution in [0.2, 0.25) is 0 Å². The van der Waals surface area contributed by atoms with Crippen molar-refractivity contribution in [1.29, 1.82) is 0 Å². The Morgan fingerprint density at radius 1 is 0.273 bits per heavy atom. The number of hydrogen-bond donors (Lipinski definition) is 3. The maximum Gasteiger partial charge on any atom is 0.472 e. The molecule has 0 aliphatic heterocycles. The van der Waals surface area contributed by atoms with Gasteiger partial charge < -0.3 is 33.8 Å². The molecule has 0 spiro atoms. The Morgan fingerprint density at radius 3 is 0.687 bits per heavy atom. The summed E-state index contributed by atoms with van der Waals surface area (Å²) in [5, 5.41) is 10.6. The molecule has 0 heterocycles. The number of esters is 4. The van der Waals surface area contributed by atoms with Crippen LogP contribution in [0.25, 0.3) is 0 Å². The molecule has 0 bridgehead atoms. The van der Waals surface area contributed by atoms with Gasteiger partial charge in [0.25, 0.3) is 0 Å². The van der Waals surface area contributed by atoms with Crippen LogP contribution in [-0.2, 0) is 65.4 Å². The predicted octanol–water partition coefficient (Wildman–Crippen LogP) is 23.9. The van der Waals surface area contributed by atoms with Gasteiger partial charge in [0.05, 0.1) is 26.4 Å². The van der Waals surface area contributed by atoms with Crippen molar-refractivity contribution < 1.29 is 80.2 Å². The lowest BCUT2D eigenvalue weighted by molar-refractivity contribution is -0.161. The van der Waals surface area contributed by atoms with Crippen molar-refractivity contribution in [3.8, 4) is 0 Å². The minimum atomic E-state index is -4.96. The Hall–Kier alpha value is -1.94. The van der Waals surface area contributed by atoms with Crippen molar-refractivity contribution in [1.82, 2.24) is 0 Å². The smallest absolute Gasteiger partial charge is 0.462 e. The van der Waals surface area contributed by atoms with Gasteiger partial charge in [0.15, 0.2) is 12.2 Å². The molecule has 0 aliphatic carbocycles. The minimum absolute atomic E-state index is 0.108. The highest BCUT2D eigenvalue weighted by Crippen LogP contribution is 2.45. The predicted molar refractivity (Wildman–Crippen MR) is 405 cm³/mol. The molecule has 588 valence electrons. The van der Waals surface area contributed by atoms with Gasteiger partial charge in [-0.25, -0.2) is 9.13 Å². The Bertz CT molecular complexity index is 1910. The van der Waals surface area contributed by atoms with Crippen LogP contribution in [0.1, 0.15) is 420 Å². The summed E-state index contributed by atoms with van der Waals surface area (Å²) >= 11 is 0. The van der Waals surface area contributed by atoms with E-state index in [4.69, 9.17) is 37.0 Å². The lowest BCUT2D eigenvalue weighted by atomic mass is 10.0. The zero-order chi connectivity index (χ0) is 72.8. The third-order valence-corrected chi connectivity index (χ3v) is 20.6. The van der Waals surface area contributed by atoms with Crippen molar-refractivity contribution in [2.75, 3.05) is 39.6 Å². The summed E-state index contributed by atoms with van der Waals surface area (Å²) in [4.78, 5) is 73.0. The van der Waals surface area contributed by atoms with Gasteiger partial charge in [0.2, 0.25) is 0 Å². The maximum atomic E-state index is 13.1. The average molecular weight is 1450 g/mol. The van der Waals surface area contributed by atoms with E-state index in [9.17, 15) is 43.2 Å². The molecule has 0 aromatic carbocycles. The van der Waals surface area contributed by atoms with E-state index in [-0.39, 0.29) is 25.7 Å². The first-order valence-electron chi connectivity index (χ1n) is 41.5. The number of hydrogen-bond acceptors (Lipinski definition) is 15. The van der Waals surface area contributed by atoms with Gasteiger partial charge in [-0.05, 0) is 37.5 Å². The van der Waals surface area contributed by atoms with Crippen molar-refractivity contribution in [2.24, 2.45) is 11.8 Å². The van der Waals surface area contributed by atoms with Gasteiger partial charge >= 0.3 is 39.5 Å². The highest BCUT2D eigenvalue weighted by Gasteiger charge is 2.30. The fraction of sp³-hybridized carbons (Fsp3) is 0.950. The molecule has 0 aromatic rings. The van der Waals surface area contributed by atoms with Crippen molar-refractivity contribution in [2.45, 2.75) is 439 Å². The summed E-state index contributed by atoms with van der Waals surface area (Å²) < 4.78 is 68.7. The first-order chi connectivity index (χ1) is 47.9. The summed E-state index contributed by atoms with van der Waals surface area (Å²) in [7, 11) is -9.92. The summed E-state index contributed by atoms with van der Waals surface area (Å²) in [6.07, 6.45) is 60.8. The summed E-state index contributed by atoms with van der Waals surface area (Å²) in [5.74, 6) is -0.512. The number of ether oxygens (including phenoxy) is 4. The lowest BCUT2D eigenvalue weighted by Crippen LogP contribution is -2.30. The summed E-state index contributed by atoms with van der Waals surface area (Å²) in [6, 6.07) is 0. The maximum absolute atomic E-state index is 13.1. The molecular formula is C80H156O17P2. The molecule has 0 aliphatic rings. The first-order valence-corrected chi connectivity index (χ1v) is 44.5. The topological polar surface area (TPSA) is 237 Å². The van der Waals surface area contributed by atoms with Crippen LogP contribution in [0.3, 0.4) is 0 Å². The van der Waals surface area contributed by atoms with Gasteiger partial charge in [-0.1, -0.05) is 369 Å². The SMILES string of the molecule is CCCCCCCCCCCCCCCC(=O)O[C@H](COC(=O)CCCCCCCCCCCCCC)COP(=O)(O)OC[C@H](O)COP(=O)(O)OC[C@@H](COC(=O)CCCCCCCCCCCCCCCCC(C)C)OC(=O)CCCCCCCCCCCCCCCCC(C)C. The molecule has 3 N–H and O–H groups in total. The van der Waals surface area contributed by atoms with Gasteiger partial charge in [0.1, 0.15) is 19.3 Å². The average Bonchev–Trinajstić information content (AvgIpc) is 1.06. The first kappa shape index (κ1) is 97.1. The Kier molecular flexibility index (Phi) is 70.3. The molecular weight excluding hydrogens is 1290 g/mol. The van der Waals surface area contributed by atoms with Crippen LogP contribution >= 0.6 is 15.6 Å². The molecule has 2 unspecified atom stereocenters. The number of unbranched alkanes of at least 4 members (excludes halogenated alkanes) is 49. The molecule has 0 rings (SSSR count). The second kappa shape index (κ2) is 71.7. The minimum Gasteiger partial charge on any atom is -0.462 e. The van der Waals surface area contributed by atoms with Crippen LogP contribution in [0, 0.1) is 11.8 Å². The van der Waals surface area contributed by atoms with E-state index in [1.807, 2.05) is 0 Å². The molecule has 99 heavy (non-hydrogen) atoms. The molecule has 17 nitrogen and oxygen atoms in total. The number of aliphatic hydroxyl groups excluding tert-OH is 1. The lowest BCUT2D eigenvalue weighted by Gasteiger charge is -2.21. The zero-order valence-electron chi connectivity index (χ0n) is 64.8. The molecule has 0 amide bonds. The third-order valence-electron chi connectivity index (χ3n) is 18.7. The van der Waals surface area contributed by atoms with Gasteiger partial charge in [-0.3, -0.25) is 37.3 Å².